The molecule has 0 radical (unpaired) electrons. The number of rotatable bonds is 8. The molecular weight excluding hydrogens is 500 g/mol. The summed E-state index contributed by atoms with van der Waals surface area (Å²) in [6, 6.07) is 0. The summed E-state index contributed by atoms with van der Waals surface area (Å²) in [6.45, 7) is 16.9. The second-order valence-corrected chi connectivity index (χ2v) is 12.1. The minimum absolute atomic E-state index is 0.113. The van der Waals surface area contributed by atoms with Crippen LogP contribution in [-0.2, 0) is 32.0 Å². The molecule has 0 spiro atoms. The summed E-state index contributed by atoms with van der Waals surface area (Å²) in [4.78, 5) is 32.0. The third-order valence-corrected chi connectivity index (χ3v) is 8.93. The number of ether oxygens (including phenoxy) is 4. The molecule has 0 amide bonds. The van der Waals surface area contributed by atoms with Crippen LogP contribution in [0.5, 0.6) is 0 Å². The Hall–Kier alpha value is -1.56. The van der Waals surface area contributed by atoms with E-state index in [4.69, 9.17) is 18.9 Å². The summed E-state index contributed by atoms with van der Waals surface area (Å²) >= 11 is 2.86. The van der Waals surface area contributed by atoms with Gasteiger partial charge in [0.2, 0.25) is 0 Å². The van der Waals surface area contributed by atoms with Crippen LogP contribution in [0.15, 0.2) is 0 Å². The SMILES string of the molecule is CCOC(=O)c1sc2sc(C(=O)OCC)c(CN3C[C@H](C)O[C@@H](C)C3)c2c1CN1C[C@@H](C)O[C@@H](C)C1. The first-order valence-electron chi connectivity index (χ1n) is 12.9. The molecule has 2 aliphatic heterocycles. The van der Waals surface area contributed by atoms with Crippen LogP contribution in [-0.4, -0.2) is 85.5 Å². The van der Waals surface area contributed by atoms with E-state index < -0.39 is 0 Å². The van der Waals surface area contributed by atoms with Crippen LogP contribution in [0.25, 0.3) is 9.40 Å². The lowest BCUT2D eigenvalue weighted by Gasteiger charge is -2.36. The number of esters is 2. The molecule has 0 N–H and O–H groups in total. The molecule has 200 valence electrons. The van der Waals surface area contributed by atoms with Gasteiger partial charge in [0, 0.05) is 55.8 Å². The molecule has 2 aromatic rings. The molecule has 0 unspecified atom stereocenters. The van der Waals surface area contributed by atoms with Crippen molar-refractivity contribution in [2.75, 3.05) is 39.4 Å². The van der Waals surface area contributed by atoms with E-state index >= 15 is 0 Å². The molecule has 2 fully saturated rings. The second-order valence-electron chi connectivity index (χ2n) is 9.83. The van der Waals surface area contributed by atoms with Crippen LogP contribution in [0.2, 0.25) is 0 Å². The summed E-state index contributed by atoms with van der Waals surface area (Å²) in [6.07, 6.45) is 0.453. The zero-order valence-corrected chi connectivity index (χ0v) is 23.8. The Morgan fingerprint density at radius 3 is 1.44 bits per heavy atom. The fourth-order valence-electron chi connectivity index (χ4n) is 5.39. The van der Waals surface area contributed by atoms with Crippen molar-refractivity contribution >= 4 is 44.0 Å². The first-order valence-corrected chi connectivity index (χ1v) is 14.5. The lowest BCUT2D eigenvalue weighted by molar-refractivity contribution is -0.0705. The van der Waals surface area contributed by atoms with Crippen molar-refractivity contribution in [3.8, 4) is 0 Å². The van der Waals surface area contributed by atoms with Crippen molar-refractivity contribution in [2.24, 2.45) is 0 Å². The quantitative estimate of drug-likeness (QED) is 0.454. The van der Waals surface area contributed by atoms with E-state index in [0.717, 1.165) is 46.7 Å². The summed E-state index contributed by atoms with van der Waals surface area (Å²) in [5.74, 6) is -0.597. The van der Waals surface area contributed by atoms with Gasteiger partial charge in [0.15, 0.2) is 0 Å². The van der Waals surface area contributed by atoms with Gasteiger partial charge in [0.1, 0.15) is 9.75 Å². The number of carbonyl (C=O) groups excluding carboxylic acids is 2. The van der Waals surface area contributed by atoms with Gasteiger partial charge in [0.25, 0.3) is 0 Å². The van der Waals surface area contributed by atoms with Crippen LogP contribution in [0.3, 0.4) is 0 Å². The van der Waals surface area contributed by atoms with Gasteiger partial charge in [-0.05, 0) is 41.5 Å². The van der Waals surface area contributed by atoms with Gasteiger partial charge in [-0.1, -0.05) is 0 Å². The minimum Gasteiger partial charge on any atom is -0.462 e. The van der Waals surface area contributed by atoms with Gasteiger partial charge in [-0.15, -0.1) is 22.7 Å². The Balaban J connectivity index is 1.80. The smallest absolute Gasteiger partial charge is 0.348 e. The Kier molecular flexibility index (Phi) is 9.06. The van der Waals surface area contributed by atoms with Gasteiger partial charge >= 0.3 is 11.9 Å². The third-order valence-electron chi connectivity index (χ3n) is 6.42. The second kappa shape index (κ2) is 11.9. The summed E-state index contributed by atoms with van der Waals surface area (Å²) in [5.41, 5.74) is 1.90. The van der Waals surface area contributed by atoms with E-state index in [1.54, 1.807) is 0 Å². The minimum atomic E-state index is -0.299. The van der Waals surface area contributed by atoms with Gasteiger partial charge in [0.05, 0.1) is 41.6 Å². The van der Waals surface area contributed by atoms with Crippen LogP contribution >= 0.6 is 22.7 Å². The van der Waals surface area contributed by atoms with Crippen molar-refractivity contribution in [3.63, 3.8) is 0 Å². The maximum atomic E-state index is 13.0. The van der Waals surface area contributed by atoms with Crippen LogP contribution in [0.4, 0.5) is 0 Å². The highest BCUT2D eigenvalue weighted by Gasteiger charge is 2.32. The van der Waals surface area contributed by atoms with Crippen molar-refractivity contribution in [1.82, 2.24) is 9.80 Å². The molecule has 4 rings (SSSR count). The standard InChI is InChI=1S/C26H38N2O6S2/c1-7-31-24(29)22-19(13-27-9-15(3)33-16(4)10-27)21-20(14-28-11-17(5)34-18(6)12-28)23(25(30)32-8-2)36-26(21)35-22/h15-18H,7-14H2,1-6H3/t15-,16-,17-,18+/m0/s1. The highest BCUT2D eigenvalue weighted by Crippen LogP contribution is 2.43. The molecule has 2 aromatic heterocycles. The monoisotopic (exact) mass is 538 g/mol. The van der Waals surface area contributed by atoms with Crippen molar-refractivity contribution in [1.29, 1.82) is 0 Å². The third kappa shape index (κ3) is 6.11. The van der Waals surface area contributed by atoms with E-state index in [-0.39, 0.29) is 36.4 Å². The average molecular weight is 539 g/mol. The summed E-state index contributed by atoms with van der Waals surface area (Å²) in [5, 5.41) is 1.01. The number of hydrogen-bond donors (Lipinski definition) is 0. The maximum absolute atomic E-state index is 13.0. The average Bonchev–Trinajstić information content (AvgIpc) is 3.30. The van der Waals surface area contributed by atoms with Gasteiger partial charge < -0.3 is 18.9 Å². The van der Waals surface area contributed by atoms with E-state index in [1.807, 2.05) is 13.8 Å². The molecule has 8 nitrogen and oxygen atoms in total. The summed E-state index contributed by atoms with van der Waals surface area (Å²) < 4.78 is 23.7. The van der Waals surface area contributed by atoms with Gasteiger partial charge in [-0.25, -0.2) is 9.59 Å². The molecule has 0 aromatic carbocycles. The lowest BCUT2D eigenvalue weighted by Crippen LogP contribution is -2.45. The highest BCUT2D eigenvalue weighted by atomic mass is 32.2. The Bertz CT molecular complexity index is 983. The zero-order valence-electron chi connectivity index (χ0n) is 22.1. The Morgan fingerprint density at radius 2 is 1.11 bits per heavy atom. The molecule has 36 heavy (non-hydrogen) atoms. The number of hydrogen-bond acceptors (Lipinski definition) is 10. The molecule has 2 saturated heterocycles. The van der Waals surface area contributed by atoms with Crippen molar-refractivity contribution < 1.29 is 28.5 Å². The van der Waals surface area contributed by atoms with Gasteiger partial charge in [-0.2, -0.15) is 0 Å². The molecule has 0 bridgehead atoms. The van der Waals surface area contributed by atoms with Crippen molar-refractivity contribution in [3.05, 3.63) is 20.9 Å². The fraction of sp³-hybridized carbons (Fsp3) is 0.692. The number of fused-ring (bicyclic) bond motifs is 1. The van der Waals surface area contributed by atoms with Gasteiger partial charge in [-0.3, -0.25) is 9.80 Å². The number of carbonyl (C=O) groups is 2. The summed E-state index contributed by atoms with van der Waals surface area (Å²) in [7, 11) is 0. The lowest BCUT2D eigenvalue weighted by atomic mass is 10.0. The van der Waals surface area contributed by atoms with E-state index in [1.165, 1.54) is 22.7 Å². The van der Waals surface area contributed by atoms with E-state index in [9.17, 15) is 9.59 Å². The first kappa shape index (κ1) is 27.5. The number of morpholine rings is 2. The predicted octanol–water partition coefficient (Wildman–Crippen LogP) is 4.53. The van der Waals surface area contributed by atoms with Crippen LogP contribution in [0.1, 0.15) is 72.0 Å². The predicted molar refractivity (Wildman–Crippen MR) is 142 cm³/mol. The number of nitrogens with zero attached hydrogens (tertiary/aromatic N) is 2. The van der Waals surface area contributed by atoms with Crippen molar-refractivity contribution in [2.45, 2.75) is 79.0 Å². The first-order chi connectivity index (χ1) is 17.2. The zero-order chi connectivity index (χ0) is 26.0. The molecule has 4 atom stereocenters. The van der Waals surface area contributed by atoms with Crippen LogP contribution in [0, 0.1) is 0 Å². The van der Waals surface area contributed by atoms with E-state index in [2.05, 4.69) is 37.5 Å². The topological polar surface area (TPSA) is 77.5 Å². The molecule has 4 heterocycles. The van der Waals surface area contributed by atoms with Crippen LogP contribution < -0.4 is 0 Å². The molecule has 10 heteroatoms. The molecular formula is C26H38N2O6S2. The Morgan fingerprint density at radius 1 is 0.750 bits per heavy atom. The largest absolute Gasteiger partial charge is 0.462 e. The normalized spacial score (nSPS) is 25.8. The molecule has 0 saturated carbocycles. The molecule has 2 aliphatic rings. The molecule has 0 aliphatic carbocycles. The Labute approximate surface area is 221 Å². The van der Waals surface area contributed by atoms with E-state index in [0.29, 0.717) is 36.1 Å². The highest BCUT2D eigenvalue weighted by molar-refractivity contribution is 7.40. The maximum Gasteiger partial charge on any atom is 0.348 e. The fourth-order valence-corrected chi connectivity index (χ4v) is 7.98. The number of thiophene rings is 2.